The minimum Gasteiger partial charge on any atom is -0.459 e. The van der Waals surface area contributed by atoms with E-state index in [1.807, 2.05) is 0 Å². The molecular weight excluding hydrogens is 270 g/mol. The Bertz CT molecular complexity index is 393. The fourth-order valence-electron chi connectivity index (χ4n) is 2.39. The first-order chi connectivity index (χ1) is 9.85. The molecule has 1 saturated carbocycles. The summed E-state index contributed by atoms with van der Waals surface area (Å²) in [5.74, 6) is -0.921. The minimum absolute atomic E-state index is 0.116. The van der Waals surface area contributed by atoms with Crippen molar-refractivity contribution in [2.45, 2.75) is 51.7 Å². The standard InChI is InChI=1S/C16H27NO4/c1-11(2)15(18)14(10-17(3)4)16(19)21-13-8-6-12(20-5)7-9-13/h10-13H,6-9H2,1-5H3/b14-10-. The molecule has 1 fully saturated rings. The van der Waals surface area contributed by atoms with Crippen molar-refractivity contribution in [2.24, 2.45) is 5.92 Å². The van der Waals surface area contributed by atoms with E-state index in [1.165, 1.54) is 0 Å². The summed E-state index contributed by atoms with van der Waals surface area (Å²) in [5.41, 5.74) is 0.129. The molecule has 0 aliphatic heterocycles. The number of methoxy groups -OCH3 is 1. The molecule has 1 aliphatic rings. The molecule has 0 spiro atoms. The normalized spacial score (nSPS) is 23.0. The third-order valence-electron chi connectivity index (χ3n) is 3.63. The molecule has 0 amide bonds. The van der Waals surface area contributed by atoms with Crippen LogP contribution in [0, 0.1) is 5.92 Å². The Morgan fingerprint density at radius 3 is 2.05 bits per heavy atom. The molecule has 0 atom stereocenters. The number of Topliss-reactive ketones (excluding diaryl/α,β-unsaturated/α-hetero) is 1. The van der Waals surface area contributed by atoms with E-state index in [0.717, 1.165) is 25.7 Å². The van der Waals surface area contributed by atoms with Gasteiger partial charge in [-0.25, -0.2) is 4.79 Å². The number of rotatable bonds is 6. The fraction of sp³-hybridized carbons (Fsp3) is 0.750. The predicted octanol–water partition coefficient (Wildman–Crippen LogP) is 2.16. The number of ketones is 1. The van der Waals surface area contributed by atoms with Crippen LogP contribution in [0.4, 0.5) is 0 Å². The van der Waals surface area contributed by atoms with Crippen molar-refractivity contribution >= 4 is 11.8 Å². The molecule has 0 heterocycles. The highest BCUT2D eigenvalue weighted by Gasteiger charge is 2.28. The van der Waals surface area contributed by atoms with Crippen molar-refractivity contribution in [2.75, 3.05) is 21.2 Å². The first-order valence-corrected chi connectivity index (χ1v) is 7.51. The van der Waals surface area contributed by atoms with Gasteiger partial charge in [-0.05, 0) is 25.7 Å². The zero-order chi connectivity index (χ0) is 16.0. The highest BCUT2D eigenvalue weighted by molar-refractivity contribution is 6.17. The quantitative estimate of drug-likeness (QED) is 0.325. The number of carbonyl (C=O) groups is 2. The van der Waals surface area contributed by atoms with Gasteiger partial charge in [0.05, 0.1) is 6.10 Å². The van der Waals surface area contributed by atoms with Crippen molar-refractivity contribution in [1.82, 2.24) is 4.90 Å². The maximum Gasteiger partial charge on any atom is 0.343 e. The monoisotopic (exact) mass is 297 g/mol. The number of nitrogens with zero attached hydrogens (tertiary/aromatic N) is 1. The summed E-state index contributed by atoms with van der Waals surface area (Å²) in [6, 6.07) is 0. The zero-order valence-corrected chi connectivity index (χ0v) is 13.7. The van der Waals surface area contributed by atoms with Gasteiger partial charge in [-0.15, -0.1) is 0 Å². The molecule has 0 saturated heterocycles. The summed E-state index contributed by atoms with van der Waals surface area (Å²) in [6.45, 7) is 3.56. The molecule has 0 radical (unpaired) electrons. The summed E-state index contributed by atoms with van der Waals surface area (Å²) in [5, 5.41) is 0. The fourth-order valence-corrected chi connectivity index (χ4v) is 2.39. The second kappa shape index (κ2) is 8.17. The zero-order valence-electron chi connectivity index (χ0n) is 13.7. The molecule has 0 aromatic heterocycles. The predicted molar refractivity (Wildman–Crippen MR) is 80.8 cm³/mol. The van der Waals surface area contributed by atoms with E-state index in [-0.39, 0.29) is 29.5 Å². The molecule has 0 aromatic rings. The van der Waals surface area contributed by atoms with Gasteiger partial charge < -0.3 is 14.4 Å². The molecule has 21 heavy (non-hydrogen) atoms. The van der Waals surface area contributed by atoms with Crippen LogP contribution in [-0.4, -0.2) is 50.1 Å². The van der Waals surface area contributed by atoms with Crippen molar-refractivity contribution in [3.8, 4) is 0 Å². The van der Waals surface area contributed by atoms with Crippen LogP contribution in [0.5, 0.6) is 0 Å². The second-order valence-corrected chi connectivity index (χ2v) is 6.07. The first kappa shape index (κ1) is 17.7. The minimum atomic E-state index is -0.511. The lowest BCUT2D eigenvalue weighted by molar-refractivity contribution is -0.148. The Morgan fingerprint density at radius 2 is 1.62 bits per heavy atom. The van der Waals surface area contributed by atoms with Crippen molar-refractivity contribution < 1.29 is 19.1 Å². The van der Waals surface area contributed by atoms with Crippen LogP contribution < -0.4 is 0 Å². The second-order valence-electron chi connectivity index (χ2n) is 6.07. The van der Waals surface area contributed by atoms with Crippen molar-refractivity contribution in [3.63, 3.8) is 0 Å². The summed E-state index contributed by atoms with van der Waals surface area (Å²) in [6.07, 6.45) is 5.04. The van der Waals surface area contributed by atoms with Gasteiger partial charge in [-0.3, -0.25) is 4.79 Å². The Hall–Kier alpha value is -1.36. The largest absolute Gasteiger partial charge is 0.459 e. The molecule has 0 aromatic carbocycles. The Morgan fingerprint density at radius 1 is 1.10 bits per heavy atom. The summed E-state index contributed by atoms with van der Waals surface area (Å²) in [4.78, 5) is 26.1. The lowest BCUT2D eigenvalue weighted by Crippen LogP contribution is -2.30. The summed E-state index contributed by atoms with van der Waals surface area (Å²) >= 11 is 0. The molecular formula is C16H27NO4. The highest BCUT2D eigenvalue weighted by atomic mass is 16.5. The van der Waals surface area contributed by atoms with E-state index >= 15 is 0 Å². The van der Waals surface area contributed by atoms with Crippen LogP contribution in [0.25, 0.3) is 0 Å². The number of hydrogen-bond acceptors (Lipinski definition) is 5. The number of esters is 1. The van der Waals surface area contributed by atoms with E-state index < -0.39 is 5.97 Å². The van der Waals surface area contributed by atoms with Gasteiger partial charge in [0.1, 0.15) is 11.7 Å². The van der Waals surface area contributed by atoms with Crippen molar-refractivity contribution in [3.05, 3.63) is 11.8 Å². The van der Waals surface area contributed by atoms with Gasteiger partial charge in [0.15, 0.2) is 5.78 Å². The van der Waals surface area contributed by atoms with E-state index in [4.69, 9.17) is 9.47 Å². The Balaban J connectivity index is 2.68. The SMILES string of the molecule is COC1CCC(OC(=O)/C(=C\N(C)C)C(=O)C(C)C)CC1. The topological polar surface area (TPSA) is 55.8 Å². The smallest absolute Gasteiger partial charge is 0.343 e. The third kappa shape index (κ3) is 5.50. The van der Waals surface area contributed by atoms with E-state index in [2.05, 4.69) is 0 Å². The average Bonchev–Trinajstić information content (AvgIpc) is 2.44. The van der Waals surface area contributed by atoms with Crippen LogP contribution in [0.15, 0.2) is 11.8 Å². The van der Waals surface area contributed by atoms with Crippen LogP contribution in [0.3, 0.4) is 0 Å². The summed E-state index contributed by atoms with van der Waals surface area (Å²) < 4.78 is 10.8. The van der Waals surface area contributed by atoms with Gasteiger partial charge in [0, 0.05) is 33.3 Å². The molecule has 1 rings (SSSR count). The van der Waals surface area contributed by atoms with E-state index in [9.17, 15) is 9.59 Å². The molecule has 0 N–H and O–H groups in total. The van der Waals surface area contributed by atoms with E-state index in [1.54, 1.807) is 46.2 Å². The Labute approximate surface area is 127 Å². The lowest BCUT2D eigenvalue weighted by Gasteiger charge is -2.27. The van der Waals surface area contributed by atoms with Crippen molar-refractivity contribution in [1.29, 1.82) is 0 Å². The van der Waals surface area contributed by atoms with Crippen LogP contribution in [-0.2, 0) is 19.1 Å². The van der Waals surface area contributed by atoms with Crippen LogP contribution >= 0.6 is 0 Å². The van der Waals surface area contributed by atoms with Gasteiger partial charge >= 0.3 is 5.97 Å². The third-order valence-corrected chi connectivity index (χ3v) is 3.63. The van der Waals surface area contributed by atoms with E-state index in [0.29, 0.717) is 0 Å². The van der Waals surface area contributed by atoms with Crippen LogP contribution in [0.1, 0.15) is 39.5 Å². The maximum absolute atomic E-state index is 12.3. The lowest BCUT2D eigenvalue weighted by atomic mass is 9.94. The number of hydrogen-bond donors (Lipinski definition) is 0. The maximum atomic E-state index is 12.3. The van der Waals surface area contributed by atoms with Crippen LogP contribution in [0.2, 0.25) is 0 Å². The van der Waals surface area contributed by atoms with Gasteiger partial charge in [-0.2, -0.15) is 0 Å². The highest BCUT2D eigenvalue weighted by Crippen LogP contribution is 2.24. The Kier molecular flexibility index (Phi) is 6.89. The van der Waals surface area contributed by atoms with Gasteiger partial charge in [0.2, 0.25) is 0 Å². The molecule has 0 unspecified atom stereocenters. The number of ether oxygens (including phenoxy) is 2. The molecule has 120 valence electrons. The summed E-state index contributed by atoms with van der Waals surface area (Å²) in [7, 11) is 5.27. The first-order valence-electron chi connectivity index (χ1n) is 7.51. The van der Waals surface area contributed by atoms with Gasteiger partial charge in [-0.1, -0.05) is 13.8 Å². The number of carbonyl (C=O) groups excluding carboxylic acids is 2. The molecule has 5 nitrogen and oxygen atoms in total. The molecule has 0 bridgehead atoms. The average molecular weight is 297 g/mol. The molecule has 1 aliphatic carbocycles. The molecule has 5 heteroatoms. The van der Waals surface area contributed by atoms with Gasteiger partial charge in [0.25, 0.3) is 0 Å².